The van der Waals surface area contributed by atoms with Crippen LogP contribution in [0.2, 0.25) is 10.0 Å². The van der Waals surface area contributed by atoms with Gasteiger partial charge in [0.2, 0.25) is 0 Å². The third kappa shape index (κ3) is 2.32. The molecule has 1 N–H and O–H groups in total. The second-order valence-electron chi connectivity index (χ2n) is 2.91. The summed E-state index contributed by atoms with van der Waals surface area (Å²) in [7, 11) is 0. The van der Waals surface area contributed by atoms with Crippen LogP contribution in [0.3, 0.4) is 0 Å². The molecule has 1 heterocycles. The fourth-order valence-corrected chi connectivity index (χ4v) is 2.94. The van der Waals surface area contributed by atoms with Crippen LogP contribution in [0, 0.1) is 0 Å². The Hall–Kier alpha value is 0.110. The molecule has 1 aliphatic heterocycles. The van der Waals surface area contributed by atoms with Gasteiger partial charge < -0.3 is 5.32 Å². The molecule has 0 aromatic heterocycles. The minimum atomic E-state index is 0.358. The Labute approximate surface area is 91.8 Å². The summed E-state index contributed by atoms with van der Waals surface area (Å²) in [6, 6.07) is 5.68. The first kappa shape index (κ1) is 9.66. The van der Waals surface area contributed by atoms with E-state index in [4.69, 9.17) is 23.2 Å². The molecule has 13 heavy (non-hydrogen) atoms. The standard InChI is InChI=1S/C9H9Cl2NS/c10-7-3-6(4-8(11)5-7)9-12-1-2-13-9/h3-5,9,12H,1-2H2/t9-/m1/s1. The van der Waals surface area contributed by atoms with E-state index in [0.717, 1.165) is 12.3 Å². The molecule has 1 aromatic carbocycles. The molecule has 0 radical (unpaired) electrons. The first-order chi connectivity index (χ1) is 6.25. The van der Waals surface area contributed by atoms with E-state index in [1.807, 2.05) is 23.9 Å². The summed E-state index contributed by atoms with van der Waals surface area (Å²) in [4.78, 5) is 0. The Morgan fingerprint density at radius 1 is 1.23 bits per heavy atom. The Morgan fingerprint density at radius 3 is 2.46 bits per heavy atom. The summed E-state index contributed by atoms with van der Waals surface area (Å²) in [6.07, 6.45) is 0. The van der Waals surface area contributed by atoms with E-state index in [2.05, 4.69) is 5.32 Å². The third-order valence-electron chi connectivity index (χ3n) is 1.90. The molecule has 1 atom stereocenters. The maximum absolute atomic E-state index is 5.91. The maximum atomic E-state index is 5.91. The summed E-state index contributed by atoms with van der Waals surface area (Å²) in [5.41, 5.74) is 1.17. The Kier molecular flexibility index (Phi) is 3.04. The topological polar surface area (TPSA) is 12.0 Å². The largest absolute Gasteiger partial charge is 0.301 e. The molecule has 70 valence electrons. The Morgan fingerprint density at radius 2 is 1.92 bits per heavy atom. The fraction of sp³-hybridized carbons (Fsp3) is 0.333. The van der Waals surface area contributed by atoms with Gasteiger partial charge in [-0.1, -0.05) is 23.2 Å². The molecular formula is C9H9Cl2NS. The van der Waals surface area contributed by atoms with Crippen LogP contribution in [0.4, 0.5) is 0 Å². The van der Waals surface area contributed by atoms with Crippen molar-refractivity contribution in [2.24, 2.45) is 0 Å². The van der Waals surface area contributed by atoms with Gasteiger partial charge >= 0.3 is 0 Å². The van der Waals surface area contributed by atoms with Crippen molar-refractivity contribution < 1.29 is 0 Å². The fourth-order valence-electron chi connectivity index (χ4n) is 1.37. The molecule has 1 fully saturated rings. The number of rotatable bonds is 1. The van der Waals surface area contributed by atoms with E-state index < -0.39 is 0 Å². The van der Waals surface area contributed by atoms with E-state index in [9.17, 15) is 0 Å². The van der Waals surface area contributed by atoms with Crippen LogP contribution in [-0.2, 0) is 0 Å². The van der Waals surface area contributed by atoms with Gasteiger partial charge in [0.1, 0.15) is 0 Å². The van der Waals surface area contributed by atoms with E-state index in [0.29, 0.717) is 15.4 Å². The summed E-state index contributed by atoms with van der Waals surface area (Å²) >= 11 is 13.7. The Balaban J connectivity index is 2.28. The number of thioether (sulfide) groups is 1. The molecule has 4 heteroatoms. The van der Waals surface area contributed by atoms with Gasteiger partial charge in [-0.25, -0.2) is 0 Å². The van der Waals surface area contributed by atoms with E-state index in [1.54, 1.807) is 6.07 Å². The van der Waals surface area contributed by atoms with Crippen LogP contribution in [0.15, 0.2) is 18.2 Å². The van der Waals surface area contributed by atoms with Gasteiger partial charge in [0, 0.05) is 22.3 Å². The number of hydrogen-bond acceptors (Lipinski definition) is 2. The van der Waals surface area contributed by atoms with Crippen molar-refractivity contribution in [1.29, 1.82) is 0 Å². The predicted octanol–water partition coefficient (Wildman–Crippen LogP) is 3.33. The van der Waals surface area contributed by atoms with Crippen LogP contribution < -0.4 is 5.32 Å². The van der Waals surface area contributed by atoms with Gasteiger partial charge in [-0.15, -0.1) is 11.8 Å². The van der Waals surface area contributed by atoms with Gasteiger partial charge in [-0.05, 0) is 23.8 Å². The molecule has 0 aliphatic carbocycles. The van der Waals surface area contributed by atoms with E-state index in [1.165, 1.54) is 5.56 Å². The minimum absolute atomic E-state index is 0.358. The number of halogens is 2. The van der Waals surface area contributed by atoms with Crippen LogP contribution in [0.1, 0.15) is 10.9 Å². The van der Waals surface area contributed by atoms with Crippen LogP contribution >= 0.6 is 35.0 Å². The smallest absolute Gasteiger partial charge is 0.0791 e. The molecule has 0 unspecified atom stereocenters. The summed E-state index contributed by atoms with van der Waals surface area (Å²) < 4.78 is 0. The molecule has 0 spiro atoms. The highest BCUT2D eigenvalue weighted by Crippen LogP contribution is 2.32. The van der Waals surface area contributed by atoms with Crippen molar-refractivity contribution >= 4 is 35.0 Å². The first-order valence-corrected chi connectivity index (χ1v) is 5.87. The van der Waals surface area contributed by atoms with E-state index in [-0.39, 0.29) is 0 Å². The molecule has 2 rings (SSSR count). The summed E-state index contributed by atoms with van der Waals surface area (Å²) in [5, 5.41) is 5.14. The second-order valence-corrected chi connectivity index (χ2v) is 4.99. The lowest BCUT2D eigenvalue weighted by atomic mass is 10.2. The van der Waals surface area contributed by atoms with Crippen molar-refractivity contribution in [3.63, 3.8) is 0 Å². The number of benzene rings is 1. The molecule has 0 saturated carbocycles. The van der Waals surface area contributed by atoms with Gasteiger partial charge in [0.25, 0.3) is 0 Å². The average Bonchev–Trinajstić information content (AvgIpc) is 2.53. The van der Waals surface area contributed by atoms with Gasteiger partial charge in [0.05, 0.1) is 5.37 Å². The molecule has 1 aromatic rings. The number of hydrogen-bond donors (Lipinski definition) is 1. The molecule has 1 nitrogen and oxygen atoms in total. The highest BCUT2D eigenvalue weighted by molar-refractivity contribution is 7.99. The van der Waals surface area contributed by atoms with Crippen molar-refractivity contribution in [2.45, 2.75) is 5.37 Å². The molecule has 1 aliphatic rings. The molecular weight excluding hydrogens is 225 g/mol. The van der Waals surface area contributed by atoms with Crippen molar-refractivity contribution in [3.05, 3.63) is 33.8 Å². The van der Waals surface area contributed by atoms with Crippen LogP contribution in [0.25, 0.3) is 0 Å². The lowest BCUT2D eigenvalue weighted by Gasteiger charge is -2.10. The highest BCUT2D eigenvalue weighted by Gasteiger charge is 2.17. The van der Waals surface area contributed by atoms with Gasteiger partial charge in [-0.2, -0.15) is 0 Å². The third-order valence-corrected chi connectivity index (χ3v) is 3.55. The SMILES string of the molecule is Clc1cc(Cl)cc([C@@H]2NCCS2)c1. The number of nitrogens with one attached hydrogen (secondary N) is 1. The minimum Gasteiger partial charge on any atom is -0.301 e. The molecule has 0 amide bonds. The normalized spacial score (nSPS) is 22.2. The van der Waals surface area contributed by atoms with Crippen LogP contribution in [-0.4, -0.2) is 12.3 Å². The Bertz CT molecular complexity index is 290. The zero-order valence-electron chi connectivity index (χ0n) is 6.89. The van der Waals surface area contributed by atoms with Gasteiger partial charge in [0.15, 0.2) is 0 Å². The zero-order valence-corrected chi connectivity index (χ0v) is 9.22. The lowest BCUT2D eigenvalue weighted by molar-refractivity contribution is 0.751. The van der Waals surface area contributed by atoms with Crippen molar-refractivity contribution in [1.82, 2.24) is 5.32 Å². The summed E-state index contributed by atoms with van der Waals surface area (Å²) in [6.45, 7) is 1.06. The molecule has 1 saturated heterocycles. The monoisotopic (exact) mass is 233 g/mol. The van der Waals surface area contributed by atoms with Gasteiger partial charge in [-0.3, -0.25) is 0 Å². The van der Waals surface area contributed by atoms with Crippen molar-refractivity contribution in [2.75, 3.05) is 12.3 Å². The second kappa shape index (κ2) is 4.09. The van der Waals surface area contributed by atoms with Crippen LogP contribution in [0.5, 0.6) is 0 Å². The molecule has 0 bridgehead atoms. The van der Waals surface area contributed by atoms with Crippen molar-refractivity contribution in [3.8, 4) is 0 Å². The van der Waals surface area contributed by atoms with E-state index >= 15 is 0 Å². The lowest BCUT2D eigenvalue weighted by Crippen LogP contribution is -2.11. The average molecular weight is 234 g/mol. The first-order valence-electron chi connectivity index (χ1n) is 4.07. The summed E-state index contributed by atoms with van der Waals surface area (Å²) in [5.74, 6) is 1.15. The zero-order chi connectivity index (χ0) is 9.26. The highest BCUT2D eigenvalue weighted by atomic mass is 35.5. The maximum Gasteiger partial charge on any atom is 0.0791 e. The quantitative estimate of drug-likeness (QED) is 0.799. The predicted molar refractivity (Wildman–Crippen MR) is 59.7 cm³/mol.